The molecule has 0 atom stereocenters. The maximum absolute atomic E-state index is 5.32. The van der Waals surface area contributed by atoms with Crippen LogP contribution < -0.4 is 0 Å². The van der Waals surface area contributed by atoms with Crippen molar-refractivity contribution in [2.75, 3.05) is 0 Å². The predicted octanol–water partition coefficient (Wildman–Crippen LogP) is 2.44. The van der Waals surface area contributed by atoms with Gasteiger partial charge in [-0.25, -0.2) is 4.98 Å². The lowest BCUT2D eigenvalue weighted by Gasteiger charge is -1.97. The van der Waals surface area contributed by atoms with Gasteiger partial charge in [0.15, 0.2) is 5.01 Å². The zero-order chi connectivity index (χ0) is 14.3. The van der Waals surface area contributed by atoms with Crippen molar-refractivity contribution in [1.82, 2.24) is 24.9 Å². The average molecular weight is 289 g/mol. The molecule has 0 saturated heterocycles. The molecule has 0 bridgehead atoms. The summed E-state index contributed by atoms with van der Waals surface area (Å²) in [7, 11) is 1.93. The molecule has 7 heteroatoms. The lowest BCUT2D eigenvalue weighted by Crippen LogP contribution is -1.95. The van der Waals surface area contributed by atoms with Crippen molar-refractivity contribution in [2.45, 2.75) is 27.2 Å². The minimum atomic E-state index is 0.553. The molecule has 104 valence electrons. The molecule has 3 rings (SSSR count). The van der Waals surface area contributed by atoms with E-state index < -0.39 is 0 Å². The number of aromatic nitrogens is 5. The van der Waals surface area contributed by atoms with Gasteiger partial charge >= 0.3 is 0 Å². The summed E-state index contributed by atoms with van der Waals surface area (Å²) in [4.78, 5) is 8.77. The Kier molecular flexibility index (Phi) is 3.13. The summed E-state index contributed by atoms with van der Waals surface area (Å²) in [6.45, 7) is 5.98. The van der Waals surface area contributed by atoms with Crippen molar-refractivity contribution in [3.63, 3.8) is 0 Å². The van der Waals surface area contributed by atoms with Crippen LogP contribution in [-0.2, 0) is 13.5 Å². The van der Waals surface area contributed by atoms with Crippen molar-refractivity contribution in [2.24, 2.45) is 7.05 Å². The van der Waals surface area contributed by atoms with Gasteiger partial charge in [-0.15, -0.1) is 11.3 Å². The Morgan fingerprint density at radius 3 is 2.65 bits per heavy atom. The standard InChI is InChI=1S/C13H15N5OS/c1-7-6-20-13(14-7)12-15-11(19-17-12)5-10-8(2)16-18(4)9(10)3/h6H,5H2,1-4H3. The Morgan fingerprint density at radius 2 is 2.05 bits per heavy atom. The summed E-state index contributed by atoms with van der Waals surface area (Å²) in [6.07, 6.45) is 0.600. The Bertz CT molecular complexity index is 755. The van der Waals surface area contributed by atoms with Crippen LogP contribution in [0, 0.1) is 20.8 Å². The van der Waals surface area contributed by atoms with E-state index in [1.54, 1.807) is 0 Å². The van der Waals surface area contributed by atoms with Gasteiger partial charge in [0.05, 0.1) is 12.1 Å². The normalized spacial score (nSPS) is 11.2. The van der Waals surface area contributed by atoms with Crippen LogP contribution in [0.15, 0.2) is 9.90 Å². The average Bonchev–Trinajstić information content (AvgIpc) is 3.07. The summed E-state index contributed by atoms with van der Waals surface area (Å²) in [5.74, 6) is 1.14. The molecule has 3 aromatic heterocycles. The second kappa shape index (κ2) is 4.82. The van der Waals surface area contributed by atoms with Crippen LogP contribution in [0.5, 0.6) is 0 Å². The summed E-state index contributed by atoms with van der Waals surface area (Å²) in [5, 5.41) is 11.2. The van der Waals surface area contributed by atoms with Gasteiger partial charge in [0.25, 0.3) is 0 Å². The summed E-state index contributed by atoms with van der Waals surface area (Å²) < 4.78 is 7.19. The first-order chi connectivity index (χ1) is 9.54. The van der Waals surface area contributed by atoms with E-state index in [0.717, 1.165) is 27.7 Å². The smallest absolute Gasteiger partial charge is 0.231 e. The van der Waals surface area contributed by atoms with E-state index in [2.05, 4.69) is 20.2 Å². The van der Waals surface area contributed by atoms with E-state index in [4.69, 9.17) is 4.52 Å². The zero-order valence-electron chi connectivity index (χ0n) is 11.8. The van der Waals surface area contributed by atoms with E-state index in [1.807, 2.05) is 37.9 Å². The molecular weight excluding hydrogens is 274 g/mol. The molecule has 0 aliphatic heterocycles. The molecular formula is C13H15N5OS. The van der Waals surface area contributed by atoms with Gasteiger partial charge in [0.2, 0.25) is 11.7 Å². The highest BCUT2D eigenvalue weighted by Crippen LogP contribution is 2.22. The van der Waals surface area contributed by atoms with E-state index in [9.17, 15) is 0 Å². The first kappa shape index (κ1) is 13.0. The summed E-state index contributed by atoms with van der Waals surface area (Å²) >= 11 is 1.52. The molecule has 3 heterocycles. The summed E-state index contributed by atoms with van der Waals surface area (Å²) in [5.41, 5.74) is 4.22. The largest absolute Gasteiger partial charge is 0.339 e. The number of rotatable bonds is 3. The lowest BCUT2D eigenvalue weighted by atomic mass is 10.1. The fraction of sp³-hybridized carbons (Fsp3) is 0.385. The first-order valence-corrected chi connectivity index (χ1v) is 7.16. The highest BCUT2D eigenvalue weighted by Gasteiger charge is 2.16. The number of hydrogen-bond acceptors (Lipinski definition) is 6. The minimum Gasteiger partial charge on any atom is -0.339 e. The molecule has 0 aliphatic carbocycles. The van der Waals surface area contributed by atoms with E-state index in [-0.39, 0.29) is 0 Å². The van der Waals surface area contributed by atoms with Crippen LogP contribution >= 0.6 is 11.3 Å². The molecule has 0 N–H and O–H groups in total. The molecule has 0 amide bonds. The van der Waals surface area contributed by atoms with E-state index in [0.29, 0.717) is 18.1 Å². The fourth-order valence-electron chi connectivity index (χ4n) is 2.09. The van der Waals surface area contributed by atoms with Crippen molar-refractivity contribution in [1.29, 1.82) is 0 Å². The third-order valence-corrected chi connectivity index (χ3v) is 4.22. The van der Waals surface area contributed by atoms with Crippen molar-refractivity contribution in [3.8, 4) is 10.8 Å². The van der Waals surface area contributed by atoms with Gasteiger partial charge in [0.1, 0.15) is 0 Å². The van der Waals surface area contributed by atoms with E-state index in [1.165, 1.54) is 11.3 Å². The quantitative estimate of drug-likeness (QED) is 0.740. The van der Waals surface area contributed by atoms with Gasteiger partial charge < -0.3 is 4.52 Å². The van der Waals surface area contributed by atoms with Crippen LogP contribution in [0.4, 0.5) is 0 Å². The van der Waals surface area contributed by atoms with Gasteiger partial charge in [-0.3, -0.25) is 4.68 Å². The monoisotopic (exact) mass is 289 g/mol. The maximum atomic E-state index is 5.32. The maximum Gasteiger partial charge on any atom is 0.231 e. The zero-order valence-corrected chi connectivity index (χ0v) is 12.7. The topological polar surface area (TPSA) is 69.6 Å². The molecule has 0 fully saturated rings. The van der Waals surface area contributed by atoms with Crippen LogP contribution in [0.1, 0.15) is 28.5 Å². The molecule has 0 spiro atoms. The summed E-state index contributed by atoms with van der Waals surface area (Å²) in [6, 6.07) is 0. The van der Waals surface area contributed by atoms with Crippen molar-refractivity contribution < 1.29 is 4.52 Å². The highest BCUT2D eigenvalue weighted by atomic mass is 32.1. The minimum absolute atomic E-state index is 0.553. The molecule has 0 aromatic carbocycles. The number of hydrogen-bond donors (Lipinski definition) is 0. The fourth-order valence-corrected chi connectivity index (χ4v) is 2.81. The number of thiazole rings is 1. The molecule has 3 aromatic rings. The molecule has 6 nitrogen and oxygen atoms in total. The second-order valence-corrected chi connectivity index (χ2v) is 5.61. The van der Waals surface area contributed by atoms with E-state index >= 15 is 0 Å². The number of aryl methyl sites for hydroxylation is 3. The van der Waals surface area contributed by atoms with Gasteiger partial charge in [-0.2, -0.15) is 10.1 Å². The molecule has 0 unspecified atom stereocenters. The predicted molar refractivity (Wildman–Crippen MR) is 75.6 cm³/mol. The Morgan fingerprint density at radius 1 is 1.25 bits per heavy atom. The molecule has 0 saturated carbocycles. The molecule has 20 heavy (non-hydrogen) atoms. The van der Waals surface area contributed by atoms with Gasteiger partial charge in [-0.1, -0.05) is 5.16 Å². The van der Waals surface area contributed by atoms with Gasteiger partial charge in [0, 0.05) is 29.4 Å². The van der Waals surface area contributed by atoms with Crippen LogP contribution in [0.3, 0.4) is 0 Å². The Hall–Kier alpha value is -2.02. The second-order valence-electron chi connectivity index (χ2n) is 4.76. The van der Waals surface area contributed by atoms with Crippen molar-refractivity contribution >= 4 is 11.3 Å². The number of nitrogens with zero attached hydrogens (tertiary/aromatic N) is 5. The lowest BCUT2D eigenvalue weighted by molar-refractivity contribution is 0.385. The van der Waals surface area contributed by atoms with Crippen molar-refractivity contribution in [3.05, 3.63) is 33.9 Å². The van der Waals surface area contributed by atoms with Gasteiger partial charge in [-0.05, 0) is 20.8 Å². The first-order valence-electron chi connectivity index (χ1n) is 6.28. The molecule has 0 aliphatic rings. The Labute approximate surface area is 120 Å². The third-order valence-electron chi connectivity index (χ3n) is 3.27. The SMILES string of the molecule is Cc1csc(-c2noc(Cc3c(C)nn(C)c3C)n2)n1. The van der Waals surface area contributed by atoms with Crippen LogP contribution in [-0.4, -0.2) is 24.9 Å². The van der Waals surface area contributed by atoms with Crippen LogP contribution in [0.25, 0.3) is 10.8 Å². The Balaban J connectivity index is 1.87. The molecule has 0 radical (unpaired) electrons. The van der Waals surface area contributed by atoms with Crippen LogP contribution in [0.2, 0.25) is 0 Å². The highest BCUT2D eigenvalue weighted by molar-refractivity contribution is 7.13. The third kappa shape index (κ3) is 2.24.